The summed E-state index contributed by atoms with van der Waals surface area (Å²) in [5, 5.41) is 12.6. The highest BCUT2D eigenvalue weighted by Gasteiger charge is 2.23. The van der Waals surface area contributed by atoms with Crippen LogP contribution in [0.5, 0.6) is 0 Å². The lowest BCUT2D eigenvalue weighted by atomic mass is 10.0. The Balaban J connectivity index is 4.59. The highest BCUT2D eigenvalue weighted by Crippen LogP contribution is 2.18. The molecule has 0 bridgehead atoms. The number of carbonyl (C=O) groups excluding carboxylic acids is 3. The summed E-state index contributed by atoms with van der Waals surface area (Å²) in [6, 6.07) is -1.04. The lowest BCUT2D eigenvalue weighted by Gasteiger charge is -2.19. The molecule has 0 radical (unpaired) electrons. The molecule has 0 aromatic carbocycles. The van der Waals surface area contributed by atoms with Crippen molar-refractivity contribution in [2.75, 3.05) is 18.1 Å². The van der Waals surface area contributed by atoms with E-state index in [4.69, 9.17) is 9.47 Å². The number of aliphatic carboxylic acids is 1. The molecule has 0 spiro atoms. The number of nitrogens with one attached hydrogen (secondary N) is 1. The van der Waals surface area contributed by atoms with Crippen LogP contribution < -0.4 is 5.32 Å². The van der Waals surface area contributed by atoms with E-state index in [0.29, 0.717) is 19.3 Å². The first-order valence-electron chi connectivity index (χ1n) is 27.3. The average Bonchev–Trinajstić information content (AvgIpc) is 3.27. The average molecular weight is 910 g/mol. The van der Waals surface area contributed by atoms with Gasteiger partial charge in [-0.1, -0.05) is 252 Å². The first kappa shape index (κ1) is 61.2. The quantitative estimate of drug-likeness (QED) is 0.0457. The minimum absolute atomic E-state index is 0.0439. The Kier molecular flexibility index (Phi) is 48.3. The number of esters is 2. The third-order valence-electron chi connectivity index (χ3n) is 12.4. The number of rotatable bonds is 51. The number of carboxylic acid groups (broad SMARTS) is 1. The molecule has 0 saturated carbocycles. The Morgan fingerprint density at radius 2 is 0.714 bits per heavy atom. The molecule has 2 atom stereocenters. The van der Waals surface area contributed by atoms with Crippen LogP contribution in [0.1, 0.15) is 290 Å². The molecule has 0 aromatic rings. The molecule has 372 valence electrons. The van der Waals surface area contributed by atoms with Gasteiger partial charge in [-0.25, -0.2) is 4.79 Å². The fraction of sp³-hybridized carbons (Fsp3) is 0.926. The van der Waals surface area contributed by atoms with Gasteiger partial charge in [-0.2, -0.15) is 11.8 Å². The van der Waals surface area contributed by atoms with Gasteiger partial charge in [0, 0.05) is 30.8 Å². The first-order chi connectivity index (χ1) is 30.8. The number of hydrogen-bond donors (Lipinski definition) is 2. The molecule has 0 heterocycles. The van der Waals surface area contributed by atoms with Gasteiger partial charge in [0.1, 0.15) is 18.8 Å². The van der Waals surface area contributed by atoms with Crippen molar-refractivity contribution in [3.05, 3.63) is 0 Å². The number of carboxylic acids is 1. The smallest absolute Gasteiger partial charge is 0.327 e. The molecular weight excluding hydrogens is 807 g/mol. The maximum atomic E-state index is 12.9. The number of unbranched alkanes of at least 4 members (excludes halogenated alkanes) is 36. The third kappa shape index (κ3) is 46.6. The second-order valence-corrected chi connectivity index (χ2v) is 19.8. The van der Waals surface area contributed by atoms with Crippen LogP contribution in [0.2, 0.25) is 0 Å². The lowest BCUT2D eigenvalue weighted by Crippen LogP contribution is -2.42. The maximum absolute atomic E-state index is 12.9. The van der Waals surface area contributed by atoms with Gasteiger partial charge < -0.3 is 19.9 Å². The van der Waals surface area contributed by atoms with E-state index in [1.165, 1.54) is 204 Å². The molecule has 63 heavy (non-hydrogen) atoms. The summed E-state index contributed by atoms with van der Waals surface area (Å²) >= 11 is 1.30. The van der Waals surface area contributed by atoms with Crippen molar-refractivity contribution in [1.82, 2.24) is 5.32 Å². The van der Waals surface area contributed by atoms with E-state index < -0.39 is 18.1 Å². The van der Waals surface area contributed by atoms with Crippen LogP contribution in [0.15, 0.2) is 0 Å². The molecule has 0 aliphatic heterocycles. The molecule has 0 aliphatic carbocycles. The molecular formula is C54H103NO7S. The van der Waals surface area contributed by atoms with Crippen molar-refractivity contribution < 1.29 is 33.8 Å². The van der Waals surface area contributed by atoms with Crippen LogP contribution in [0.3, 0.4) is 0 Å². The van der Waals surface area contributed by atoms with Gasteiger partial charge in [-0.15, -0.1) is 0 Å². The summed E-state index contributed by atoms with van der Waals surface area (Å²) in [6.07, 6.45) is 48.4. The van der Waals surface area contributed by atoms with Gasteiger partial charge in [-0.05, 0) is 19.3 Å². The number of ether oxygens (including phenoxy) is 2. The Bertz CT molecular complexity index is 1030. The van der Waals surface area contributed by atoms with Gasteiger partial charge in [0.15, 0.2) is 0 Å². The molecule has 2 N–H and O–H groups in total. The number of amides is 1. The minimum atomic E-state index is -1.08. The van der Waals surface area contributed by atoms with Crippen molar-refractivity contribution in [2.24, 2.45) is 0 Å². The van der Waals surface area contributed by atoms with Gasteiger partial charge in [0.25, 0.3) is 0 Å². The monoisotopic (exact) mass is 910 g/mol. The molecule has 0 fully saturated rings. The van der Waals surface area contributed by atoms with Crippen molar-refractivity contribution in [2.45, 2.75) is 303 Å². The summed E-state index contributed by atoms with van der Waals surface area (Å²) in [4.78, 5) is 50.3. The number of carbonyl (C=O) groups is 4. The van der Waals surface area contributed by atoms with Crippen LogP contribution in [0, 0.1) is 0 Å². The molecule has 1 unspecified atom stereocenters. The van der Waals surface area contributed by atoms with E-state index in [2.05, 4.69) is 26.1 Å². The Hall–Kier alpha value is -1.77. The molecule has 0 saturated heterocycles. The van der Waals surface area contributed by atoms with Crippen LogP contribution in [0.4, 0.5) is 0 Å². The standard InChI is InChI=1S/C54H103NO7S/c1-4-7-10-13-16-19-22-25-28-31-34-37-40-43-51(56)55-50(54(59)60)48-63-47-49(62-53(58)45-42-39-36-33-30-27-24-21-18-15-12-9-6-3)46-61-52(57)44-41-38-35-32-29-26-23-20-17-14-11-8-5-2/h49-50H,4-48H2,1-3H3,(H,55,56)(H,59,60)/t49?,50-/m0/s1. The number of hydrogen-bond acceptors (Lipinski definition) is 7. The summed E-state index contributed by atoms with van der Waals surface area (Å²) in [5.74, 6) is -1.49. The summed E-state index contributed by atoms with van der Waals surface area (Å²) in [5.41, 5.74) is 0. The minimum Gasteiger partial charge on any atom is -0.480 e. The zero-order valence-corrected chi connectivity index (χ0v) is 42.6. The number of thioether (sulfide) groups is 1. The van der Waals surface area contributed by atoms with Gasteiger partial charge >= 0.3 is 17.9 Å². The second-order valence-electron chi connectivity index (χ2n) is 18.8. The van der Waals surface area contributed by atoms with Crippen LogP contribution in [-0.2, 0) is 28.7 Å². The largest absolute Gasteiger partial charge is 0.480 e. The zero-order valence-electron chi connectivity index (χ0n) is 41.8. The Morgan fingerprint density at radius 1 is 0.413 bits per heavy atom. The molecule has 0 rings (SSSR count). The van der Waals surface area contributed by atoms with E-state index in [0.717, 1.165) is 57.8 Å². The van der Waals surface area contributed by atoms with Crippen LogP contribution >= 0.6 is 11.8 Å². The fourth-order valence-electron chi connectivity index (χ4n) is 8.26. The summed E-state index contributed by atoms with van der Waals surface area (Å²) < 4.78 is 11.4. The third-order valence-corrected chi connectivity index (χ3v) is 13.6. The Morgan fingerprint density at radius 3 is 1.05 bits per heavy atom. The topological polar surface area (TPSA) is 119 Å². The van der Waals surface area contributed by atoms with E-state index >= 15 is 0 Å². The zero-order chi connectivity index (χ0) is 46.1. The predicted octanol–water partition coefficient (Wildman–Crippen LogP) is 16.2. The summed E-state index contributed by atoms with van der Waals surface area (Å²) in [6.45, 7) is 6.72. The van der Waals surface area contributed by atoms with Gasteiger partial charge in [0.05, 0.1) is 0 Å². The summed E-state index contributed by atoms with van der Waals surface area (Å²) in [7, 11) is 0. The van der Waals surface area contributed by atoms with E-state index in [9.17, 15) is 24.3 Å². The predicted molar refractivity (Wildman–Crippen MR) is 269 cm³/mol. The molecule has 0 aliphatic rings. The maximum Gasteiger partial charge on any atom is 0.327 e. The first-order valence-corrected chi connectivity index (χ1v) is 28.4. The molecule has 9 heteroatoms. The lowest BCUT2D eigenvalue weighted by molar-refractivity contribution is -0.157. The molecule has 8 nitrogen and oxygen atoms in total. The Labute approximate surface area is 393 Å². The van der Waals surface area contributed by atoms with E-state index in [-0.39, 0.29) is 36.0 Å². The van der Waals surface area contributed by atoms with Crippen molar-refractivity contribution in [3.63, 3.8) is 0 Å². The SMILES string of the molecule is CCCCCCCCCCCCCCCC(=O)N[C@@H](CSCC(COC(=O)CCCCCCCCCCCCCCC)OC(=O)CCCCCCCCCCCCCCC)C(=O)O. The highest BCUT2D eigenvalue weighted by atomic mass is 32.2. The highest BCUT2D eigenvalue weighted by molar-refractivity contribution is 7.99. The van der Waals surface area contributed by atoms with Gasteiger partial charge in [-0.3, -0.25) is 14.4 Å². The second kappa shape index (κ2) is 49.7. The van der Waals surface area contributed by atoms with Crippen LogP contribution in [-0.4, -0.2) is 59.2 Å². The van der Waals surface area contributed by atoms with E-state index in [1.807, 2.05) is 0 Å². The van der Waals surface area contributed by atoms with E-state index in [1.54, 1.807) is 0 Å². The fourth-order valence-corrected chi connectivity index (χ4v) is 9.28. The normalized spacial score (nSPS) is 12.3. The van der Waals surface area contributed by atoms with Gasteiger partial charge in [0.2, 0.25) is 5.91 Å². The van der Waals surface area contributed by atoms with Crippen molar-refractivity contribution >= 4 is 35.6 Å². The van der Waals surface area contributed by atoms with Crippen molar-refractivity contribution in [3.8, 4) is 0 Å². The molecule has 0 aromatic heterocycles. The molecule has 1 amide bonds. The van der Waals surface area contributed by atoms with Crippen molar-refractivity contribution in [1.29, 1.82) is 0 Å². The van der Waals surface area contributed by atoms with Crippen LogP contribution in [0.25, 0.3) is 0 Å².